The Balaban J connectivity index is 1.50. The molecule has 3 aliphatic rings. The van der Waals surface area contributed by atoms with Crippen molar-refractivity contribution in [2.75, 3.05) is 26.4 Å². The highest BCUT2D eigenvalue weighted by atomic mass is 16.7. The molecule has 3 unspecified atom stereocenters. The van der Waals surface area contributed by atoms with Crippen LogP contribution in [0.15, 0.2) is 18.2 Å². The number of hydrogen-bond acceptors (Lipinski definition) is 5. The quantitative estimate of drug-likeness (QED) is 0.845. The lowest BCUT2D eigenvalue weighted by molar-refractivity contribution is -0.148. The maximum absolute atomic E-state index is 13.1. The maximum atomic E-state index is 13.1. The summed E-state index contributed by atoms with van der Waals surface area (Å²) < 4.78 is 10.6. The second-order valence-electron chi connectivity index (χ2n) is 7.84. The predicted molar refractivity (Wildman–Crippen MR) is 98.1 cm³/mol. The van der Waals surface area contributed by atoms with Crippen molar-refractivity contribution in [1.82, 2.24) is 9.80 Å². The van der Waals surface area contributed by atoms with Gasteiger partial charge in [-0.25, -0.2) is 0 Å². The average Bonchev–Trinajstić information content (AvgIpc) is 3.34. The van der Waals surface area contributed by atoms with E-state index in [9.17, 15) is 19.5 Å². The first-order valence-electron chi connectivity index (χ1n) is 9.66. The van der Waals surface area contributed by atoms with Gasteiger partial charge in [-0.3, -0.25) is 14.4 Å². The van der Waals surface area contributed by atoms with Gasteiger partial charge in [-0.05, 0) is 43.4 Å². The lowest BCUT2D eigenvalue weighted by Crippen LogP contribution is -2.53. The van der Waals surface area contributed by atoms with Gasteiger partial charge in [-0.2, -0.15) is 0 Å². The van der Waals surface area contributed by atoms with E-state index in [1.807, 2.05) is 6.92 Å². The zero-order valence-electron chi connectivity index (χ0n) is 15.8. The molecule has 3 aliphatic heterocycles. The number of benzene rings is 1. The average molecular weight is 388 g/mol. The molecular formula is C20H24N2O6. The number of fused-ring (bicyclic) bond motifs is 1. The van der Waals surface area contributed by atoms with E-state index in [4.69, 9.17) is 9.47 Å². The first-order chi connectivity index (χ1) is 13.4. The number of carbonyl (C=O) groups excluding carboxylic acids is 2. The fraction of sp³-hybridized carbons (Fsp3) is 0.550. The topological polar surface area (TPSA) is 96.4 Å². The van der Waals surface area contributed by atoms with Gasteiger partial charge in [0.1, 0.15) is 6.04 Å². The van der Waals surface area contributed by atoms with E-state index in [-0.39, 0.29) is 31.1 Å². The number of ether oxygens (including phenoxy) is 2. The second kappa shape index (κ2) is 7.33. The highest BCUT2D eigenvalue weighted by Crippen LogP contribution is 2.34. The monoisotopic (exact) mass is 388 g/mol. The summed E-state index contributed by atoms with van der Waals surface area (Å²) in [6.07, 6.45) is 1.92. The fourth-order valence-electron chi connectivity index (χ4n) is 4.38. The van der Waals surface area contributed by atoms with E-state index in [0.29, 0.717) is 43.0 Å². The summed E-state index contributed by atoms with van der Waals surface area (Å²) in [5, 5.41) is 9.36. The molecule has 28 heavy (non-hydrogen) atoms. The lowest BCUT2D eigenvalue weighted by atomic mass is 9.90. The summed E-state index contributed by atoms with van der Waals surface area (Å²) in [6.45, 7) is 3.34. The van der Waals surface area contributed by atoms with Crippen molar-refractivity contribution in [3.63, 3.8) is 0 Å². The van der Waals surface area contributed by atoms with Gasteiger partial charge in [-0.15, -0.1) is 0 Å². The van der Waals surface area contributed by atoms with Gasteiger partial charge in [0, 0.05) is 25.2 Å². The van der Waals surface area contributed by atoms with Crippen LogP contribution in [0.4, 0.5) is 0 Å². The van der Waals surface area contributed by atoms with Crippen LogP contribution in [0.5, 0.6) is 11.5 Å². The van der Waals surface area contributed by atoms with E-state index in [0.717, 1.165) is 6.42 Å². The Hall–Kier alpha value is -2.77. The number of amides is 2. The van der Waals surface area contributed by atoms with E-state index in [2.05, 4.69) is 0 Å². The third-order valence-corrected chi connectivity index (χ3v) is 5.74. The molecule has 0 radical (unpaired) electrons. The Morgan fingerprint density at radius 2 is 1.93 bits per heavy atom. The molecule has 2 saturated heterocycles. The second-order valence-corrected chi connectivity index (χ2v) is 7.84. The van der Waals surface area contributed by atoms with Crippen LogP contribution < -0.4 is 9.47 Å². The summed E-state index contributed by atoms with van der Waals surface area (Å²) in [7, 11) is 0. The van der Waals surface area contributed by atoms with E-state index >= 15 is 0 Å². The number of carboxylic acid groups (broad SMARTS) is 1. The Labute approximate surface area is 163 Å². The normalized spacial score (nSPS) is 26.4. The molecule has 1 N–H and O–H groups in total. The van der Waals surface area contributed by atoms with Crippen LogP contribution in [-0.2, 0) is 9.59 Å². The first-order valence-corrected chi connectivity index (χ1v) is 9.66. The minimum atomic E-state index is -0.871. The molecule has 2 fully saturated rings. The lowest BCUT2D eigenvalue weighted by Gasteiger charge is -2.37. The Morgan fingerprint density at radius 1 is 1.14 bits per heavy atom. The van der Waals surface area contributed by atoms with Crippen LogP contribution in [0.2, 0.25) is 0 Å². The Morgan fingerprint density at radius 3 is 2.71 bits per heavy atom. The minimum Gasteiger partial charge on any atom is -0.481 e. The van der Waals surface area contributed by atoms with Gasteiger partial charge in [-0.1, -0.05) is 6.92 Å². The van der Waals surface area contributed by atoms with Crippen LogP contribution in [0.1, 0.15) is 36.5 Å². The smallest absolute Gasteiger partial charge is 0.308 e. The van der Waals surface area contributed by atoms with Gasteiger partial charge < -0.3 is 24.4 Å². The summed E-state index contributed by atoms with van der Waals surface area (Å²) in [6, 6.07) is 4.48. The van der Waals surface area contributed by atoms with Gasteiger partial charge in [0.2, 0.25) is 12.7 Å². The predicted octanol–water partition coefficient (Wildman–Crippen LogP) is 1.59. The maximum Gasteiger partial charge on any atom is 0.308 e. The number of carboxylic acids is 1. The molecule has 2 amide bonds. The number of carbonyl (C=O) groups is 3. The van der Waals surface area contributed by atoms with Crippen molar-refractivity contribution in [2.24, 2.45) is 11.8 Å². The van der Waals surface area contributed by atoms with Crippen LogP contribution in [0.3, 0.4) is 0 Å². The minimum absolute atomic E-state index is 0.123. The number of rotatable bonds is 3. The van der Waals surface area contributed by atoms with Gasteiger partial charge in [0.05, 0.1) is 5.92 Å². The third-order valence-electron chi connectivity index (χ3n) is 5.74. The molecule has 8 heteroatoms. The van der Waals surface area contributed by atoms with Crippen molar-refractivity contribution < 1.29 is 29.0 Å². The molecule has 0 bridgehead atoms. The fourth-order valence-corrected chi connectivity index (χ4v) is 4.38. The van der Waals surface area contributed by atoms with Crippen molar-refractivity contribution >= 4 is 17.8 Å². The summed E-state index contributed by atoms with van der Waals surface area (Å²) in [4.78, 5) is 40.8. The van der Waals surface area contributed by atoms with Crippen molar-refractivity contribution in [1.29, 1.82) is 0 Å². The molecule has 3 atom stereocenters. The van der Waals surface area contributed by atoms with Gasteiger partial charge in [0.25, 0.3) is 5.91 Å². The zero-order valence-corrected chi connectivity index (χ0v) is 15.8. The summed E-state index contributed by atoms with van der Waals surface area (Å²) in [5.41, 5.74) is 0.458. The Kier molecular flexibility index (Phi) is 4.87. The van der Waals surface area contributed by atoms with E-state index < -0.39 is 17.9 Å². The van der Waals surface area contributed by atoms with E-state index in [1.165, 1.54) is 0 Å². The Bertz CT molecular complexity index is 810. The van der Waals surface area contributed by atoms with Crippen LogP contribution in [-0.4, -0.2) is 65.2 Å². The summed E-state index contributed by atoms with van der Waals surface area (Å²) >= 11 is 0. The zero-order chi connectivity index (χ0) is 19.8. The molecule has 0 saturated carbocycles. The van der Waals surface area contributed by atoms with Gasteiger partial charge in [0.15, 0.2) is 11.5 Å². The highest BCUT2D eigenvalue weighted by molar-refractivity contribution is 5.98. The molecule has 8 nitrogen and oxygen atoms in total. The molecule has 0 aromatic heterocycles. The van der Waals surface area contributed by atoms with Crippen molar-refractivity contribution in [2.45, 2.75) is 32.2 Å². The highest BCUT2D eigenvalue weighted by Gasteiger charge is 2.40. The van der Waals surface area contributed by atoms with Crippen molar-refractivity contribution in [3.05, 3.63) is 23.8 Å². The number of hydrogen-bond donors (Lipinski definition) is 1. The largest absolute Gasteiger partial charge is 0.481 e. The van der Waals surface area contributed by atoms with Crippen LogP contribution >= 0.6 is 0 Å². The molecule has 4 rings (SSSR count). The molecular weight excluding hydrogens is 364 g/mol. The first kappa shape index (κ1) is 18.6. The number of nitrogens with zero attached hydrogens (tertiary/aromatic N) is 2. The summed E-state index contributed by atoms with van der Waals surface area (Å²) in [5.74, 6) is -0.525. The number of piperidine rings is 1. The molecule has 150 valence electrons. The molecule has 3 heterocycles. The third kappa shape index (κ3) is 3.39. The number of likely N-dealkylation sites (tertiary alicyclic amines) is 2. The standard InChI is InChI=1S/C20H24N2O6/c1-12-7-14(20(25)26)10-21(9-12)19(24)15-3-2-6-22(15)18(23)13-4-5-16-17(8-13)28-11-27-16/h4-5,8,12,14-15H,2-3,6-7,9-11H2,1H3,(H,25,26). The van der Waals surface area contributed by atoms with E-state index in [1.54, 1.807) is 28.0 Å². The molecule has 1 aromatic rings. The SMILES string of the molecule is CC1CC(C(=O)O)CN(C(=O)C2CCCN2C(=O)c2ccc3c(c2)OCO3)C1. The van der Waals surface area contributed by atoms with Crippen LogP contribution in [0.25, 0.3) is 0 Å². The van der Waals surface area contributed by atoms with Gasteiger partial charge >= 0.3 is 5.97 Å². The number of aliphatic carboxylic acids is 1. The molecule has 1 aromatic carbocycles. The van der Waals surface area contributed by atoms with Crippen LogP contribution in [0, 0.1) is 11.8 Å². The molecule has 0 aliphatic carbocycles. The van der Waals surface area contributed by atoms with Crippen molar-refractivity contribution in [3.8, 4) is 11.5 Å². The molecule has 0 spiro atoms.